The molecule has 120 valence electrons. The molecule has 3 nitrogen and oxygen atoms in total. The molecule has 0 amide bonds. The van der Waals surface area contributed by atoms with Crippen LogP contribution in [0.3, 0.4) is 0 Å². The molecule has 0 spiro atoms. The van der Waals surface area contributed by atoms with Gasteiger partial charge < -0.3 is 5.73 Å². The Bertz CT molecular complexity index is 491. The maximum absolute atomic E-state index is 6.69. The van der Waals surface area contributed by atoms with Crippen molar-refractivity contribution in [3.05, 3.63) is 16.4 Å². The van der Waals surface area contributed by atoms with E-state index in [4.69, 9.17) is 17.3 Å². The van der Waals surface area contributed by atoms with Gasteiger partial charge in [0.1, 0.15) is 0 Å². The molecule has 0 radical (unpaired) electrons. The SMILES string of the molecule is CCc1nn(C)c(CC2(N)CCC(C(C)(C)C)CC2)c1Cl. The van der Waals surface area contributed by atoms with Gasteiger partial charge in [0, 0.05) is 19.0 Å². The Morgan fingerprint density at radius 3 is 2.33 bits per heavy atom. The molecule has 1 fully saturated rings. The van der Waals surface area contributed by atoms with E-state index in [-0.39, 0.29) is 5.54 Å². The van der Waals surface area contributed by atoms with Crippen molar-refractivity contribution in [2.24, 2.45) is 24.1 Å². The lowest BCUT2D eigenvalue weighted by Crippen LogP contribution is -2.47. The molecular formula is C17H30ClN3. The lowest BCUT2D eigenvalue weighted by atomic mass is 9.66. The lowest BCUT2D eigenvalue weighted by Gasteiger charge is -2.42. The van der Waals surface area contributed by atoms with Crippen LogP contribution in [0, 0.1) is 11.3 Å². The maximum Gasteiger partial charge on any atom is 0.0850 e. The van der Waals surface area contributed by atoms with Gasteiger partial charge in [-0.05, 0) is 43.4 Å². The third-order valence-electron chi connectivity index (χ3n) is 5.23. The van der Waals surface area contributed by atoms with Gasteiger partial charge in [-0.1, -0.05) is 39.3 Å². The molecule has 0 unspecified atom stereocenters. The van der Waals surface area contributed by atoms with Crippen LogP contribution in [0.25, 0.3) is 0 Å². The smallest absolute Gasteiger partial charge is 0.0850 e. The number of hydrogen-bond acceptors (Lipinski definition) is 2. The van der Waals surface area contributed by atoms with Crippen LogP contribution in [0.2, 0.25) is 5.02 Å². The topological polar surface area (TPSA) is 43.8 Å². The van der Waals surface area contributed by atoms with Crippen LogP contribution in [-0.4, -0.2) is 15.3 Å². The van der Waals surface area contributed by atoms with Crippen molar-refractivity contribution in [2.45, 2.75) is 71.8 Å². The minimum atomic E-state index is -0.121. The number of rotatable bonds is 3. The van der Waals surface area contributed by atoms with Crippen molar-refractivity contribution < 1.29 is 0 Å². The number of aryl methyl sites for hydroxylation is 2. The molecule has 2 N–H and O–H groups in total. The summed E-state index contributed by atoms with van der Waals surface area (Å²) in [7, 11) is 1.98. The fourth-order valence-electron chi connectivity index (χ4n) is 3.58. The fraction of sp³-hybridized carbons (Fsp3) is 0.824. The highest BCUT2D eigenvalue weighted by Gasteiger charge is 2.37. The lowest BCUT2D eigenvalue weighted by molar-refractivity contribution is 0.133. The van der Waals surface area contributed by atoms with Gasteiger partial charge in [0.15, 0.2) is 0 Å². The van der Waals surface area contributed by atoms with E-state index in [2.05, 4.69) is 32.8 Å². The van der Waals surface area contributed by atoms with E-state index in [1.54, 1.807) is 0 Å². The molecule has 21 heavy (non-hydrogen) atoms. The first kappa shape index (κ1) is 16.8. The molecule has 1 aliphatic carbocycles. The van der Waals surface area contributed by atoms with Crippen LogP contribution in [0.15, 0.2) is 0 Å². The monoisotopic (exact) mass is 311 g/mol. The zero-order valence-corrected chi connectivity index (χ0v) is 14.9. The first-order chi connectivity index (χ1) is 9.66. The second-order valence-electron chi connectivity index (χ2n) is 7.86. The van der Waals surface area contributed by atoms with Crippen LogP contribution >= 0.6 is 11.6 Å². The van der Waals surface area contributed by atoms with Gasteiger partial charge in [0.25, 0.3) is 0 Å². The van der Waals surface area contributed by atoms with Crippen LogP contribution < -0.4 is 5.73 Å². The van der Waals surface area contributed by atoms with E-state index in [0.29, 0.717) is 5.41 Å². The van der Waals surface area contributed by atoms with E-state index in [9.17, 15) is 0 Å². The first-order valence-electron chi connectivity index (χ1n) is 8.15. The van der Waals surface area contributed by atoms with Crippen molar-refractivity contribution in [3.8, 4) is 0 Å². The highest BCUT2D eigenvalue weighted by molar-refractivity contribution is 6.31. The number of halogens is 1. The predicted octanol–water partition coefficient (Wildman–Crippen LogP) is 4.11. The van der Waals surface area contributed by atoms with Crippen LogP contribution in [0.4, 0.5) is 0 Å². The molecule has 0 aromatic carbocycles. The standard InChI is InChI=1S/C17H30ClN3/c1-6-13-15(18)14(21(5)20-13)11-17(19)9-7-12(8-10-17)16(2,3)4/h12H,6-11,19H2,1-5H3. The molecule has 0 aliphatic heterocycles. The molecule has 0 saturated heterocycles. The van der Waals surface area contributed by atoms with Gasteiger partial charge in [-0.15, -0.1) is 0 Å². The predicted molar refractivity (Wildman–Crippen MR) is 89.6 cm³/mol. The van der Waals surface area contributed by atoms with Gasteiger partial charge in [0.2, 0.25) is 0 Å². The minimum absolute atomic E-state index is 0.121. The number of aromatic nitrogens is 2. The third-order valence-corrected chi connectivity index (χ3v) is 5.66. The van der Waals surface area contributed by atoms with Crippen LogP contribution in [-0.2, 0) is 19.9 Å². The van der Waals surface area contributed by atoms with E-state index in [1.165, 1.54) is 12.8 Å². The maximum atomic E-state index is 6.69. The Labute approximate surface area is 134 Å². The van der Waals surface area contributed by atoms with Crippen LogP contribution in [0.5, 0.6) is 0 Å². The molecule has 2 rings (SSSR count). The largest absolute Gasteiger partial charge is 0.325 e. The van der Waals surface area contributed by atoms with Crippen molar-refractivity contribution in [2.75, 3.05) is 0 Å². The molecule has 1 saturated carbocycles. The molecule has 1 aromatic rings. The fourth-order valence-corrected chi connectivity index (χ4v) is 3.94. The van der Waals surface area contributed by atoms with Gasteiger partial charge in [-0.3, -0.25) is 4.68 Å². The van der Waals surface area contributed by atoms with Gasteiger partial charge in [-0.25, -0.2) is 0 Å². The molecule has 0 atom stereocenters. The molecule has 0 bridgehead atoms. The molecular weight excluding hydrogens is 282 g/mol. The third kappa shape index (κ3) is 3.62. The number of hydrogen-bond donors (Lipinski definition) is 1. The first-order valence-corrected chi connectivity index (χ1v) is 8.53. The summed E-state index contributed by atoms with van der Waals surface area (Å²) >= 11 is 6.47. The van der Waals surface area contributed by atoms with E-state index >= 15 is 0 Å². The quantitative estimate of drug-likeness (QED) is 0.912. The summed E-state index contributed by atoms with van der Waals surface area (Å²) in [4.78, 5) is 0. The number of nitrogens with two attached hydrogens (primary N) is 1. The van der Waals surface area contributed by atoms with Gasteiger partial charge in [0.05, 0.1) is 16.4 Å². The zero-order valence-electron chi connectivity index (χ0n) is 14.2. The Morgan fingerprint density at radius 1 is 1.33 bits per heavy atom. The summed E-state index contributed by atoms with van der Waals surface area (Å²) in [5, 5.41) is 5.33. The Kier molecular flexibility index (Phi) is 4.75. The molecule has 1 aromatic heterocycles. The highest BCUT2D eigenvalue weighted by atomic mass is 35.5. The minimum Gasteiger partial charge on any atom is -0.325 e. The zero-order chi connectivity index (χ0) is 15.8. The van der Waals surface area contributed by atoms with E-state index in [0.717, 1.165) is 48.0 Å². The summed E-state index contributed by atoms with van der Waals surface area (Å²) in [5.74, 6) is 0.780. The van der Waals surface area contributed by atoms with Gasteiger partial charge in [-0.2, -0.15) is 5.10 Å². The summed E-state index contributed by atoms with van der Waals surface area (Å²) in [5.41, 5.74) is 9.04. The second-order valence-corrected chi connectivity index (χ2v) is 8.24. The van der Waals surface area contributed by atoms with Crippen molar-refractivity contribution in [1.82, 2.24) is 9.78 Å². The average molecular weight is 312 g/mol. The van der Waals surface area contributed by atoms with Crippen molar-refractivity contribution in [1.29, 1.82) is 0 Å². The van der Waals surface area contributed by atoms with E-state index in [1.807, 2.05) is 11.7 Å². The normalized spacial score (nSPS) is 27.1. The summed E-state index contributed by atoms with van der Waals surface area (Å²) in [6.45, 7) is 9.11. The average Bonchev–Trinajstić information content (AvgIpc) is 2.65. The number of nitrogens with zero attached hydrogens (tertiary/aromatic N) is 2. The summed E-state index contributed by atoms with van der Waals surface area (Å²) < 4.78 is 1.92. The Morgan fingerprint density at radius 2 is 1.90 bits per heavy atom. The second kappa shape index (κ2) is 5.92. The summed E-state index contributed by atoms with van der Waals surface area (Å²) in [6.07, 6.45) is 6.31. The molecule has 1 heterocycles. The van der Waals surface area contributed by atoms with Crippen molar-refractivity contribution >= 4 is 11.6 Å². The highest BCUT2D eigenvalue weighted by Crippen LogP contribution is 2.42. The Balaban J connectivity index is 2.09. The molecule has 1 aliphatic rings. The van der Waals surface area contributed by atoms with Gasteiger partial charge >= 0.3 is 0 Å². The van der Waals surface area contributed by atoms with E-state index < -0.39 is 0 Å². The summed E-state index contributed by atoms with van der Waals surface area (Å²) in [6, 6.07) is 0. The Hall–Kier alpha value is -0.540. The van der Waals surface area contributed by atoms with Crippen LogP contribution in [0.1, 0.15) is 64.8 Å². The molecule has 4 heteroatoms. The van der Waals surface area contributed by atoms with Crippen molar-refractivity contribution in [3.63, 3.8) is 0 Å².